The van der Waals surface area contributed by atoms with Crippen LogP contribution >= 0.6 is 0 Å². The van der Waals surface area contributed by atoms with Crippen molar-refractivity contribution in [2.24, 2.45) is 0 Å². The minimum Gasteiger partial charge on any atom is -0.319 e. The van der Waals surface area contributed by atoms with Crippen LogP contribution in [0.15, 0.2) is 36.9 Å². The lowest BCUT2D eigenvalue weighted by Gasteiger charge is -2.06. The lowest BCUT2D eigenvalue weighted by Crippen LogP contribution is -2.10. The summed E-state index contributed by atoms with van der Waals surface area (Å²) >= 11 is 0. The average molecular weight is 219 g/mol. The molecule has 0 fully saturated rings. The van der Waals surface area contributed by atoms with Gasteiger partial charge < -0.3 is 9.88 Å². The monoisotopic (exact) mass is 219 g/mol. The highest BCUT2D eigenvalue weighted by atomic mass is 19.1. The fourth-order valence-electron chi connectivity index (χ4n) is 1.59. The molecule has 0 saturated heterocycles. The largest absolute Gasteiger partial charge is 0.319 e. The third-order valence-electron chi connectivity index (χ3n) is 2.46. The molecule has 0 aliphatic carbocycles. The van der Waals surface area contributed by atoms with E-state index >= 15 is 0 Å². The van der Waals surface area contributed by atoms with Crippen molar-refractivity contribution in [1.82, 2.24) is 14.9 Å². The molecule has 0 aliphatic heterocycles. The molecule has 16 heavy (non-hydrogen) atoms. The number of benzene rings is 1. The van der Waals surface area contributed by atoms with Crippen molar-refractivity contribution in [2.45, 2.75) is 6.42 Å². The van der Waals surface area contributed by atoms with Gasteiger partial charge in [0.2, 0.25) is 0 Å². The van der Waals surface area contributed by atoms with E-state index in [1.807, 2.05) is 13.1 Å². The predicted molar refractivity (Wildman–Crippen MR) is 61.2 cm³/mol. The smallest absolute Gasteiger partial charge is 0.147 e. The van der Waals surface area contributed by atoms with Crippen LogP contribution in [0.3, 0.4) is 0 Å². The molecular weight excluding hydrogens is 205 g/mol. The highest BCUT2D eigenvalue weighted by Gasteiger charge is 2.04. The maximum atomic E-state index is 13.8. The first-order valence-electron chi connectivity index (χ1n) is 5.22. The van der Waals surface area contributed by atoms with Crippen LogP contribution < -0.4 is 5.32 Å². The van der Waals surface area contributed by atoms with Gasteiger partial charge in [0.15, 0.2) is 0 Å². The van der Waals surface area contributed by atoms with Crippen LogP contribution in [0.1, 0.15) is 5.56 Å². The summed E-state index contributed by atoms with van der Waals surface area (Å²) in [5.74, 6) is -0.216. The van der Waals surface area contributed by atoms with E-state index in [1.165, 1.54) is 0 Å². The Bertz CT molecular complexity index is 451. The fraction of sp³-hybridized carbons (Fsp3) is 0.250. The molecule has 2 rings (SSSR count). The average Bonchev–Trinajstić information content (AvgIpc) is 2.80. The number of nitrogens with one attached hydrogen (secondary N) is 1. The van der Waals surface area contributed by atoms with Gasteiger partial charge in [0, 0.05) is 12.4 Å². The summed E-state index contributed by atoms with van der Waals surface area (Å²) in [5.41, 5.74) is 1.53. The summed E-state index contributed by atoms with van der Waals surface area (Å²) in [5, 5.41) is 3.04. The van der Waals surface area contributed by atoms with Gasteiger partial charge in [-0.05, 0) is 37.7 Å². The molecule has 0 bridgehead atoms. The van der Waals surface area contributed by atoms with Crippen molar-refractivity contribution in [2.75, 3.05) is 13.6 Å². The Hall–Kier alpha value is -1.68. The standard InChI is InChI=1S/C12H14FN3/c1-14-5-4-10-2-3-12(11(13)8-10)16-7-6-15-9-16/h2-3,6-9,14H,4-5H2,1H3. The van der Waals surface area contributed by atoms with Crippen molar-refractivity contribution < 1.29 is 4.39 Å². The molecule has 0 unspecified atom stereocenters. The molecule has 1 aromatic carbocycles. The van der Waals surface area contributed by atoms with E-state index in [4.69, 9.17) is 0 Å². The van der Waals surface area contributed by atoms with Crippen LogP contribution in [-0.2, 0) is 6.42 Å². The fourth-order valence-corrected chi connectivity index (χ4v) is 1.59. The van der Waals surface area contributed by atoms with Crippen molar-refractivity contribution in [3.63, 3.8) is 0 Å². The third-order valence-corrected chi connectivity index (χ3v) is 2.46. The predicted octanol–water partition coefficient (Wildman–Crippen LogP) is 1.77. The maximum absolute atomic E-state index is 13.8. The van der Waals surface area contributed by atoms with E-state index in [9.17, 15) is 4.39 Å². The molecule has 1 N–H and O–H groups in total. The second kappa shape index (κ2) is 4.90. The first-order chi connectivity index (χ1) is 7.81. The highest BCUT2D eigenvalue weighted by molar-refractivity contribution is 5.36. The molecular formula is C12H14FN3. The normalized spacial score (nSPS) is 10.6. The summed E-state index contributed by atoms with van der Waals surface area (Å²) in [7, 11) is 1.89. The molecule has 0 amide bonds. The topological polar surface area (TPSA) is 29.9 Å². The first kappa shape index (κ1) is 10.8. The van der Waals surface area contributed by atoms with Gasteiger partial charge >= 0.3 is 0 Å². The lowest BCUT2D eigenvalue weighted by atomic mass is 10.1. The van der Waals surface area contributed by atoms with Gasteiger partial charge in [0.05, 0.1) is 12.0 Å². The number of nitrogens with zero attached hydrogens (tertiary/aromatic N) is 2. The molecule has 1 aromatic heterocycles. The van der Waals surface area contributed by atoms with E-state index in [-0.39, 0.29) is 5.82 Å². The van der Waals surface area contributed by atoms with Crippen molar-refractivity contribution >= 4 is 0 Å². The summed E-state index contributed by atoms with van der Waals surface area (Å²) < 4.78 is 15.4. The number of hydrogen-bond donors (Lipinski definition) is 1. The van der Waals surface area contributed by atoms with Crippen LogP contribution in [0.25, 0.3) is 5.69 Å². The molecule has 84 valence electrons. The Labute approximate surface area is 93.9 Å². The molecule has 0 atom stereocenters. The molecule has 3 nitrogen and oxygen atoms in total. The van der Waals surface area contributed by atoms with Gasteiger partial charge in [-0.1, -0.05) is 6.07 Å². The summed E-state index contributed by atoms with van der Waals surface area (Å²) in [6.45, 7) is 0.851. The maximum Gasteiger partial charge on any atom is 0.147 e. The molecule has 0 radical (unpaired) electrons. The molecule has 0 saturated carbocycles. The van der Waals surface area contributed by atoms with Crippen LogP contribution in [0.2, 0.25) is 0 Å². The Morgan fingerprint density at radius 1 is 1.44 bits per heavy atom. The molecule has 2 aromatic rings. The van der Waals surface area contributed by atoms with E-state index < -0.39 is 0 Å². The van der Waals surface area contributed by atoms with Crippen LogP contribution in [0.4, 0.5) is 4.39 Å². The molecule has 1 heterocycles. The van der Waals surface area contributed by atoms with Crippen molar-refractivity contribution in [3.05, 3.63) is 48.3 Å². The van der Waals surface area contributed by atoms with E-state index in [1.54, 1.807) is 35.4 Å². The van der Waals surface area contributed by atoms with Gasteiger partial charge in [0.25, 0.3) is 0 Å². The second-order valence-electron chi connectivity index (χ2n) is 3.61. The lowest BCUT2D eigenvalue weighted by molar-refractivity contribution is 0.615. The Morgan fingerprint density at radius 2 is 2.31 bits per heavy atom. The number of likely N-dealkylation sites (N-methyl/N-ethyl adjacent to an activating group) is 1. The van der Waals surface area contributed by atoms with Crippen LogP contribution in [-0.4, -0.2) is 23.1 Å². The minimum absolute atomic E-state index is 0.216. The number of hydrogen-bond acceptors (Lipinski definition) is 2. The summed E-state index contributed by atoms with van der Waals surface area (Å²) in [4.78, 5) is 3.90. The number of imidazole rings is 1. The van der Waals surface area contributed by atoms with Gasteiger partial charge in [-0.2, -0.15) is 0 Å². The van der Waals surface area contributed by atoms with E-state index in [0.717, 1.165) is 18.5 Å². The highest BCUT2D eigenvalue weighted by Crippen LogP contribution is 2.15. The van der Waals surface area contributed by atoms with Gasteiger partial charge in [-0.3, -0.25) is 0 Å². The number of rotatable bonds is 4. The zero-order valence-electron chi connectivity index (χ0n) is 9.15. The first-order valence-corrected chi connectivity index (χ1v) is 5.22. The second-order valence-corrected chi connectivity index (χ2v) is 3.61. The minimum atomic E-state index is -0.216. The zero-order chi connectivity index (χ0) is 11.4. The Balaban J connectivity index is 2.23. The van der Waals surface area contributed by atoms with Crippen molar-refractivity contribution in [3.8, 4) is 5.69 Å². The van der Waals surface area contributed by atoms with Gasteiger partial charge in [0.1, 0.15) is 5.82 Å². The quantitative estimate of drug-likeness (QED) is 0.849. The summed E-state index contributed by atoms with van der Waals surface area (Å²) in [6.07, 6.45) is 5.78. The Kier molecular flexibility index (Phi) is 3.31. The number of halogens is 1. The Morgan fingerprint density at radius 3 is 2.94 bits per heavy atom. The van der Waals surface area contributed by atoms with Gasteiger partial charge in [-0.15, -0.1) is 0 Å². The number of aromatic nitrogens is 2. The third kappa shape index (κ3) is 2.28. The van der Waals surface area contributed by atoms with E-state index in [0.29, 0.717) is 5.69 Å². The molecule has 4 heteroatoms. The van der Waals surface area contributed by atoms with Gasteiger partial charge in [-0.25, -0.2) is 9.37 Å². The van der Waals surface area contributed by atoms with Crippen molar-refractivity contribution in [1.29, 1.82) is 0 Å². The zero-order valence-corrected chi connectivity index (χ0v) is 9.15. The van der Waals surface area contributed by atoms with E-state index in [2.05, 4.69) is 10.3 Å². The SMILES string of the molecule is CNCCc1ccc(-n2ccnc2)c(F)c1. The molecule has 0 aliphatic rings. The van der Waals surface area contributed by atoms with Crippen LogP contribution in [0.5, 0.6) is 0 Å². The van der Waals surface area contributed by atoms with Crippen LogP contribution in [0, 0.1) is 5.82 Å². The summed E-state index contributed by atoms with van der Waals surface area (Å²) in [6, 6.07) is 5.30. The molecule has 0 spiro atoms.